The number of hydrogen-bond donors (Lipinski definition) is 6. The average molecular weight is 993 g/mol. The Bertz CT molecular complexity index is 1150. The van der Waals surface area contributed by atoms with E-state index in [1.165, 1.54) is 244 Å². The predicted octanol–water partition coefficient (Wildman–Crippen LogP) is 15.4. The second kappa shape index (κ2) is 51.2. The fourth-order valence-corrected chi connectivity index (χ4v) is 9.92. The van der Waals surface area contributed by atoms with E-state index in [0.717, 1.165) is 38.5 Å². The number of aliphatic hydroxyl groups is 5. The lowest BCUT2D eigenvalue weighted by atomic mass is 9.99. The number of nitrogens with one attached hydrogen (secondary N) is 1. The molecule has 0 aromatic rings. The first kappa shape index (κ1) is 66.7. The van der Waals surface area contributed by atoms with E-state index in [9.17, 15) is 30.3 Å². The molecule has 1 saturated heterocycles. The molecule has 1 heterocycles. The molecule has 0 saturated carbocycles. The highest BCUT2D eigenvalue weighted by Gasteiger charge is 2.44. The van der Waals surface area contributed by atoms with E-state index in [4.69, 9.17) is 9.47 Å². The summed E-state index contributed by atoms with van der Waals surface area (Å²) in [6.45, 7) is 3.82. The van der Waals surface area contributed by atoms with E-state index < -0.39 is 49.5 Å². The number of hydrogen-bond acceptors (Lipinski definition) is 8. The highest BCUT2D eigenvalue weighted by atomic mass is 16.7. The molecule has 1 aliphatic heterocycles. The quantitative estimate of drug-likeness (QED) is 0.0261. The first-order valence-electron chi connectivity index (χ1n) is 30.6. The van der Waals surface area contributed by atoms with Crippen LogP contribution in [0.2, 0.25) is 0 Å². The Morgan fingerprint density at radius 3 is 1.16 bits per heavy atom. The number of aliphatic hydroxyl groups excluding tert-OH is 5. The van der Waals surface area contributed by atoms with E-state index >= 15 is 0 Å². The molecule has 9 heteroatoms. The van der Waals surface area contributed by atoms with E-state index in [0.29, 0.717) is 6.42 Å². The van der Waals surface area contributed by atoms with Crippen LogP contribution in [0.1, 0.15) is 303 Å². The number of carbonyl (C=O) groups is 1. The van der Waals surface area contributed by atoms with Crippen molar-refractivity contribution in [2.75, 3.05) is 13.2 Å². The number of allylic oxidation sites excluding steroid dienone is 3. The zero-order chi connectivity index (χ0) is 50.8. The van der Waals surface area contributed by atoms with Crippen molar-refractivity contribution in [3.63, 3.8) is 0 Å². The van der Waals surface area contributed by atoms with Gasteiger partial charge >= 0.3 is 0 Å². The Morgan fingerprint density at radius 1 is 0.471 bits per heavy atom. The van der Waals surface area contributed by atoms with Gasteiger partial charge in [0.25, 0.3) is 0 Å². The molecule has 0 radical (unpaired) electrons. The zero-order valence-electron chi connectivity index (χ0n) is 46.0. The average Bonchev–Trinajstić information content (AvgIpc) is 3.36. The normalized spacial score (nSPS) is 19.4. The summed E-state index contributed by atoms with van der Waals surface area (Å²) in [5.74, 6) is -0.173. The van der Waals surface area contributed by atoms with Crippen molar-refractivity contribution in [2.45, 2.75) is 346 Å². The molecule has 0 aliphatic carbocycles. The second-order valence-electron chi connectivity index (χ2n) is 21.5. The van der Waals surface area contributed by atoms with Gasteiger partial charge in [-0.05, 0) is 44.9 Å². The fraction of sp³-hybridized carbons (Fsp3) is 0.918. The molecule has 1 rings (SSSR count). The van der Waals surface area contributed by atoms with Crippen LogP contribution < -0.4 is 5.32 Å². The van der Waals surface area contributed by atoms with Gasteiger partial charge in [0.1, 0.15) is 24.4 Å². The van der Waals surface area contributed by atoms with E-state index in [1.807, 2.05) is 6.08 Å². The largest absolute Gasteiger partial charge is 0.394 e. The van der Waals surface area contributed by atoms with Gasteiger partial charge in [-0.2, -0.15) is 0 Å². The van der Waals surface area contributed by atoms with Crippen LogP contribution in [0.3, 0.4) is 0 Å². The van der Waals surface area contributed by atoms with Crippen LogP contribution >= 0.6 is 0 Å². The molecule has 0 aromatic heterocycles. The van der Waals surface area contributed by atoms with Crippen molar-refractivity contribution in [1.29, 1.82) is 0 Å². The Morgan fingerprint density at radius 2 is 0.800 bits per heavy atom. The van der Waals surface area contributed by atoms with Gasteiger partial charge in [0.15, 0.2) is 6.29 Å². The maximum absolute atomic E-state index is 13.1. The van der Waals surface area contributed by atoms with Crippen LogP contribution in [0, 0.1) is 0 Å². The maximum atomic E-state index is 13.1. The van der Waals surface area contributed by atoms with Crippen LogP contribution in [0.4, 0.5) is 0 Å². The van der Waals surface area contributed by atoms with Gasteiger partial charge in [-0.1, -0.05) is 276 Å². The molecule has 1 aliphatic rings. The Kier molecular flexibility index (Phi) is 48.7. The first-order valence-corrected chi connectivity index (χ1v) is 30.6. The molecule has 1 fully saturated rings. The second-order valence-corrected chi connectivity index (χ2v) is 21.5. The lowest BCUT2D eigenvalue weighted by Gasteiger charge is -2.40. The van der Waals surface area contributed by atoms with Gasteiger partial charge in [-0.3, -0.25) is 4.79 Å². The predicted molar refractivity (Wildman–Crippen MR) is 295 cm³/mol. The van der Waals surface area contributed by atoms with Gasteiger partial charge in [0, 0.05) is 6.42 Å². The molecule has 1 amide bonds. The summed E-state index contributed by atoms with van der Waals surface area (Å²) in [5.41, 5.74) is 0. The molecule has 6 N–H and O–H groups in total. The Labute approximate surface area is 432 Å². The number of carbonyl (C=O) groups excluding carboxylic acids is 1. The minimum absolute atomic E-state index is 0.173. The molecule has 0 bridgehead atoms. The molecule has 414 valence electrons. The molecule has 9 nitrogen and oxygen atoms in total. The van der Waals surface area contributed by atoms with Crippen LogP contribution in [0.15, 0.2) is 24.3 Å². The lowest BCUT2D eigenvalue weighted by molar-refractivity contribution is -0.302. The van der Waals surface area contributed by atoms with Gasteiger partial charge < -0.3 is 40.3 Å². The van der Waals surface area contributed by atoms with E-state index in [2.05, 4.69) is 31.3 Å². The Balaban J connectivity index is 2.20. The van der Waals surface area contributed by atoms with Gasteiger partial charge in [-0.15, -0.1) is 0 Å². The van der Waals surface area contributed by atoms with Crippen LogP contribution in [-0.4, -0.2) is 87.5 Å². The molecular weight excluding hydrogens is 875 g/mol. The summed E-state index contributed by atoms with van der Waals surface area (Å²) in [7, 11) is 0. The molecule has 70 heavy (non-hydrogen) atoms. The van der Waals surface area contributed by atoms with E-state index in [1.54, 1.807) is 6.08 Å². The number of amides is 1. The highest BCUT2D eigenvalue weighted by Crippen LogP contribution is 2.23. The van der Waals surface area contributed by atoms with Crippen molar-refractivity contribution in [2.24, 2.45) is 0 Å². The Hall–Kier alpha value is -1.33. The number of unbranched alkanes of at least 4 members (excludes halogenated alkanes) is 41. The van der Waals surface area contributed by atoms with Gasteiger partial charge in [-0.25, -0.2) is 0 Å². The minimum Gasteiger partial charge on any atom is -0.394 e. The number of rotatable bonds is 53. The topological polar surface area (TPSA) is 149 Å². The summed E-state index contributed by atoms with van der Waals surface area (Å²) in [6.07, 6.45) is 58.2. The third kappa shape index (κ3) is 40.1. The molecule has 0 aromatic carbocycles. The van der Waals surface area contributed by atoms with Crippen molar-refractivity contribution in [1.82, 2.24) is 5.32 Å². The summed E-state index contributed by atoms with van der Waals surface area (Å²) in [4.78, 5) is 13.1. The summed E-state index contributed by atoms with van der Waals surface area (Å²) < 4.78 is 11.3. The van der Waals surface area contributed by atoms with Gasteiger partial charge in [0.05, 0.1) is 25.4 Å². The van der Waals surface area contributed by atoms with Crippen molar-refractivity contribution in [3.05, 3.63) is 24.3 Å². The first-order chi connectivity index (χ1) is 34.3. The third-order valence-corrected chi connectivity index (χ3v) is 14.8. The molecule has 7 atom stereocenters. The van der Waals surface area contributed by atoms with Crippen LogP contribution in [0.5, 0.6) is 0 Å². The van der Waals surface area contributed by atoms with Gasteiger partial charge in [0.2, 0.25) is 5.91 Å². The fourth-order valence-electron chi connectivity index (χ4n) is 9.92. The maximum Gasteiger partial charge on any atom is 0.220 e. The monoisotopic (exact) mass is 992 g/mol. The zero-order valence-corrected chi connectivity index (χ0v) is 46.0. The van der Waals surface area contributed by atoms with Crippen molar-refractivity contribution in [3.8, 4) is 0 Å². The van der Waals surface area contributed by atoms with Crippen molar-refractivity contribution >= 4 is 5.91 Å². The van der Waals surface area contributed by atoms with E-state index in [-0.39, 0.29) is 12.5 Å². The highest BCUT2D eigenvalue weighted by molar-refractivity contribution is 5.76. The van der Waals surface area contributed by atoms with Crippen LogP contribution in [-0.2, 0) is 14.3 Å². The standard InChI is InChI=1S/C61H117NO8/c1-3-5-7-9-11-13-15-17-19-21-23-25-26-27-28-29-31-33-35-37-39-41-43-45-47-49-51-57(65)62-54(53-69-61-60(68)59(67)58(66)56(52-63)70-61)55(64)50-48-46-44-42-40-38-36-34-32-30-24-22-20-18-16-14-12-10-8-6-4-2/h27-28,48,50,54-56,58-61,63-64,66-68H,3-26,29-47,49,51-53H2,1-2H3,(H,62,65)/b28-27-,50-48+. The summed E-state index contributed by atoms with van der Waals surface area (Å²) >= 11 is 0. The smallest absolute Gasteiger partial charge is 0.220 e. The number of ether oxygens (including phenoxy) is 2. The summed E-state index contributed by atoms with van der Waals surface area (Å²) in [5, 5.41) is 54.6. The minimum atomic E-state index is -1.57. The molecule has 7 unspecified atom stereocenters. The lowest BCUT2D eigenvalue weighted by Crippen LogP contribution is -2.60. The summed E-state index contributed by atoms with van der Waals surface area (Å²) in [6, 6.07) is -0.804. The SMILES string of the molecule is CCCCCCCCCCCCCC/C=C\CCCCCCCCCCCCC(=O)NC(COC1OC(CO)C(O)C(O)C1O)C(O)/C=C/CCCCCCCCCCCCCCCCCCCCC. The van der Waals surface area contributed by atoms with Crippen molar-refractivity contribution < 1.29 is 39.8 Å². The molecule has 0 spiro atoms. The molecular formula is C61H117NO8. The third-order valence-electron chi connectivity index (χ3n) is 14.8. The van der Waals surface area contributed by atoms with Crippen LogP contribution in [0.25, 0.3) is 0 Å².